The summed E-state index contributed by atoms with van der Waals surface area (Å²) in [5, 5.41) is 0. The Bertz CT molecular complexity index is 440. The van der Waals surface area contributed by atoms with Crippen molar-refractivity contribution in [3.05, 3.63) is 12.2 Å². The van der Waals surface area contributed by atoms with Gasteiger partial charge in [-0.05, 0) is 38.5 Å². The molecule has 0 aliphatic rings. The van der Waals surface area contributed by atoms with E-state index in [1.807, 2.05) is 0 Å². The van der Waals surface area contributed by atoms with Crippen LogP contribution in [0.2, 0.25) is 0 Å². The minimum atomic E-state index is 0.203. The summed E-state index contributed by atoms with van der Waals surface area (Å²) in [5.41, 5.74) is 0. The molecule has 219 valence electrons. The molecule has 0 aliphatic carbocycles. The average molecular weight is 518 g/mol. The van der Waals surface area contributed by atoms with Gasteiger partial charge in [-0.3, -0.25) is 4.79 Å². The van der Waals surface area contributed by atoms with Crippen molar-refractivity contribution in [2.75, 3.05) is 0 Å². The minimum absolute atomic E-state index is 0.203. The summed E-state index contributed by atoms with van der Waals surface area (Å²) in [6, 6.07) is 0. The van der Waals surface area contributed by atoms with Crippen molar-refractivity contribution in [2.45, 2.75) is 206 Å². The van der Waals surface area contributed by atoms with Crippen molar-refractivity contribution >= 4 is 6.29 Å². The van der Waals surface area contributed by atoms with E-state index in [9.17, 15) is 4.79 Å². The molecule has 0 bridgehead atoms. The highest BCUT2D eigenvalue weighted by Crippen LogP contribution is 2.18. The first kappa shape index (κ1) is 36.4. The number of hydrogen-bond donors (Lipinski definition) is 0. The van der Waals surface area contributed by atoms with Gasteiger partial charge in [0.05, 0.1) is 0 Å². The molecule has 0 N–H and O–H groups in total. The van der Waals surface area contributed by atoms with E-state index in [1.54, 1.807) is 0 Å². The average Bonchev–Trinajstić information content (AvgIpc) is 2.91. The summed E-state index contributed by atoms with van der Waals surface area (Å²) < 4.78 is 0. The van der Waals surface area contributed by atoms with Crippen LogP contribution in [0.25, 0.3) is 0 Å². The maximum Gasteiger partial charge on any atom is 0.201 e. The van der Waals surface area contributed by atoms with Crippen LogP contribution in [0.4, 0.5) is 0 Å². The van der Waals surface area contributed by atoms with Gasteiger partial charge in [0.25, 0.3) is 0 Å². The summed E-state index contributed by atoms with van der Waals surface area (Å²) in [6.07, 6.45) is 47.7. The highest BCUT2D eigenvalue weighted by molar-refractivity contribution is 5.54. The van der Waals surface area contributed by atoms with Crippen LogP contribution in [0.5, 0.6) is 0 Å². The number of carbonyl (C=O) groups excluding carboxylic acids is 1. The molecule has 1 heteroatoms. The van der Waals surface area contributed by atoms with Crippen LogP contribution >= 0.6 is 0 Å². The van der Waals surface area contributed by atoms with Gasteiger partial charge in [0.15, 0.2) is 0 Å². The van der Waals surface area contributed by atoms with Crippen LogP contribution in [-0.2, 0) is 4.79 Å². The van der Waals surface area contributed by atoms with E-state index in [2.05, 4.69) is 32.3 Å². The highest BCUT2D eigenvalue weighted by atomic mass is 16.1. The van der Waals surface area contributed by atoms with E-state index in [4.69, 9.17) is 0 Å². The Balaban J connectivity index is 3.31. The second kappa shape index (κ2) is 33.4. The maximum absolute atomic E-state index is 11.3. The molecule has 0 spiro atoms. The van der Waals surface area contributed by atoms with Gasteiger partial charge in [0.1, 0.15) is 0 Å². The van der Waals surface area contributed by atoms with E-state index in [0.717, 1.165) is 12.8 Å². The Hall–Kier alpha value is -0.590. The Morgan fingerprint density at radius 3 is 0.973 bits per heavy atom. The Labute approximate surface area is 235 Å². The largest absolute Gasteiger partial charge is 0.291 e. The van der Waals surface area contributed by atoms with Crippen molar-refractivity contribution in [3.8, 4) is 0 Å². The van der Waals surface area contributed by atoms with Crippen LogP contribution in [0.1, 0.15) is 206 Å². The Morgan fingerprint density at radius 2 is 0.676 bits per heavy atom. The van der Waals surface area contributed by atoms with Gasteiger partial charge >= 0.3 is 0 Å². The van der Waals surface area contributed by atoms with E-state index in [0.29, 0.717) is 0 Å². The fourth-order valence-corrected chi connectivity index (χ4v) is 5.49. The lowest BCUT2D eigenvalue weighted by Crippen LogP contribution is -2.02. The zero-order valence-corrected chi connectivity index (χ0v) is 25.9. The third-order valence-corrected chi connectivity index (χ3v) is 8.14. The van der Waals surface area contributed by atoms with Gasteiger partial charge in [0.2, 0.25) is 6.29 Å². The molecule has 0 fully saturated rings. The molecule has 1 nitrogen and oxygen atoms in total. The van der Waals surface area contributed by atoms with Crippen molar-refractivity contribution in [2.24, 2.45) is 5.92 Å². The minimum Gasteiger partial charge on any atom is -0.291 e. The lowest BCUT2D eigenvalue weighted by atomic mass is 9.95. The van der Waals surface area contributed by atoms with Crippen LogP contribution in [0, 0.1) is 5.92 Å². The molecule has 0 amide bonds. The number of unbranched alkanes of at least 4 members (excludes halogenated alkanes) is 25. The summed E-state index contributed by atoms with van der Waals surface area (Å²) >= 11 is 0. The molecule has 1 unspecified atom stereocenters. The topological polar surface area (TPSA) is 17.1 Å². The van der Waals surface area contributed by atoms with Crippen molar-refractivity contribution in [3.63, 3.8) is 0 Å². The molecule has 0 aromatic rings. The number of allylic oxidation sites excluding steroid dienone is 2. The second-order valence-electron chi connectivity index (χ2n) is 11.9. The van der Waals surface area contributed by atoms with Gasteiger partial charge in [0, 0.05) is 5.92 Å². The van der Waals surface area contributed by atoms with E-state index >= 15 is 0 Å². The third kappa shape index (κ3) is 31.5. The normalized spacial score (nSPS) is 12.5. The number of hydrogen-bond acceptors (Lipinski definition) is 1. The molecule has 0 rings (SSSR count). The molecule has 0 aromatic heterocycles. The fraction of sp³-hybridized carbons (Fsp3) is 0.917. The first-order chi connectivity index (χ1) is 18.3. The van der Waals surface area contributed by atoms with Gasteiger partial charge in [-0.15, -0.1) is 0 Å². The zero-order chi connectivity index (χ0) is 26.9. The summed E-state index contributed by atoms with van der Waals surface area (Å²) in [6.45, 7) is 4.58. The molecule has 1 radical (unpaired) electrons. The molecular weight excluding hydrogens is 448 g/mol. The molecule has 37 heavy (non-hydrogen) atoms. The fourth-order valence-electron chi connectivity index (χ4n) is 5.49. The Kier molecular flexibility index (Phi) is 32.9. The quantitative estimate of drug-likeness (QED) is 0.0640. The molecule has 0 aliphatic heterocycles. The van der Waals surface area contributed by atoms with Gasteiger partial charge in [-0.1, -0.05) is 180 Å². The molecule has 0 aromatic carbocycles. The van der Waals surface area contributed by atoms with Crippen LogP contribution in [0.15, 0.2) is 12.2 Å². The Morgan fingerprint density at radius 1 is 0.405 bits per heavy atom. The zero-order valence-electron chi connectivity index (χ0n) is 25.9. The summed E-state index contributed by atoms with van der Waals surface area (Å²) in [7, 11) is 0. The second-order valence-corrected chi connectivity index (χ2v) is 11.9. The van der Waals surface area contributed by atoms with Crippen molar-refractivity contribution < 1.29 is 4.79 Å². The first-order valence-electron chi connectivity index (χ1n) is 17.4. The molecule has 1 atom stereocenters. The third-order valence-electron chi connectivity index (χ3n) is 8.14. The maximum atomic E-state index is 11.3. The molecule has 0 saturated heterocycles. The predicted molar refractivity (Wildman–Crippen MR) is 168 cm³/mol. The van der Waals surface area contributed by atoms with Gasteiger partial charge < -0.3 is 0 Å². The van der Waals surface area contributed by atoms with Crippen molar-refractivity contribution in [1.29, 1.82) is 0 Å². The SMILES string of the molecule is CCCCCCCC/C=C\CCCCCCCCC([C]=O)CCCCCCCCCCCCCCCC. The molecule has 0 saturated carbocycles. The molecule has 0 heterocycles. The predicted octanol–water partition coefficient (Wildman–Crippen LogP) is 13.0. The van der Waals surface area contributed by atoms with Gasteiger partial charge in [-0.2, -0.15) is 0 Å². The smallest absolute Gasteiger partial charge is 0.201 e. The van der Waals surface area contributed by atoms with Crippen LogP contribution in [-0.4, -0.2) is 6.29 Å². The summed E-state index contributed by atoms with van der Waals surface area (Å²) in [4.78, 5) is 11.3. The van der Waals surface area contributed by atoms with Gasteiger partial charge in [-0.25, -0.2) is 0 Å². The lowest BCUT2D eigenvalue weighted by Gasteiger charge is -2.09. The standard InChI is InChI=1S/C36H69O/c1-3-5-7-9-11-13-15-17-19-20-22-24-26-28-30-32-34-36(35-37)33-31-29-27-25-23-21-18-16-14-12-10-8-6-4-2/h17,19,36H,3-16,18,20-34H2,1-2H3/b19-17-. The monoisotopic (exact) mass is 518 g/mol. The lowest BCUT2D eigenvalue weighted by molar-refractivity contribution is 0.449. The van der Waals surface area contributed by atoms with Crippen LogP contribution < -0.4 is 0 Å². The van der Waals surface area contributed by atoms with Crippen LogP contribution in [0.3, 0.4) is 0 Å². The molecular formula is C36H69O. The summed E-state index contributed by atoms with van der Waals surface area (Å²) in [5.74, 6) is 0.203. The van der Waals surface area contributed by atoms with Crippen molar-refractivity contribution in [1.82, 2.24) is 0 Å². The van der Waals surface area contributed by atoms with E-state index in [-0.39, 0.29) is 5.92 Å². The van der Waals surface area contributed by atoms with E-state index < -0.39 is 0 Å². The first-order valence-corrected chi connectivity index (χ1v) is 17.4. The number of rotatable bonds is 32. The van der Waals surface area contributed by atoms with E-state index in [1.165, 1.54) is 180 Å². The highest BCUT2D eigenvalue weighted by Gasteiger charge is 2.08.